The van der Waals surface area contributed by atoms with Crippen LogP contribution in [0.2, 0.25) is 0 Å². The van der Waals surface area contributed by atoms with Crippen LogP contribution in [0.25, 0.3) is 0 Å². The maximum Gasteiger partial charge on any atom is 0.295 e. The molecule has 2 rings (SSSR count). The average Bonchev–Trinajstić information content (AvgIpc) is 2.65. The minimum Gasteiger partial charge on any atom is -0.379 e. The number of rotatable bonds is 8. The van der Waals surface area contributed by atoms with Gasteiger partial charge in [-0.3, -0.25) is 15.5 Å². The third-order valence-electron chi connectivity index (χ3n) is 4.03. The zero-order chi connectivity index (χ0) is 19.2. The molecule has 0 spiro atoms. The summed E-state index contributed by atoms with van der Waals surface area (Å²) in [5.74, 6) is 0. The Kier molecular flexibility index (Phi) is 7.06. The number of hydrazone groups is 1. The predicted octanol–water partition coefficient (Wildman–Crippen LogP) is 2.59. The van der Waals surface area contributed by atoms with Crippen molar-refractivity contribution in [3.05, 3.63) is 28.3 Å². The molecular formula is C16H24N4O5S. The van der Waals surface area contributed by atoms with Crippen molar-refractivity contribution in [3.63, 3.8) is 0 Å². The average molecular weight is 384 g/mol. The number of ether oxygens (including phenoxy) is 1. The Bertz CT molecular complexity index is 773. The van der Waals surface area contributed by atoms with Crippen molar-refractivity contribution in [1.82, 2.24) is 4.31 Å². The van der Waals surface area contributed by atoms with Gasteiger partial charge >= 0.3 is 0 Å². The van der Waals surface area contributed by atoms with E-state index in [9.17, 15) is 18.5 Å². The second-order valence-corrected chi connectivity index (χ2v) is 7.95. The number of hydrogen-bond acceptors (Lipinski definition) is 7. The monoisotopic (exact) mass is 384 g/mol. The molecule has 0 radical (unpaired) electrons. The summed E-state index contributed by atoms with van der Waals surface area (Å²) in [4.78, 5) is 10.7. The molecule has 9 nitrogen and oxygen atoms in total. The van der Waals surface area contributed by atoms with E-state index in [0.29, 0.717) is 13.2 Å². The van der Waals surface area contributed by atoms with Gasteiger partial charge in [0.1, 0.15) is 5.69 Å². The molecule has 0 amide bonds. The van der Waals surface area contributed by atoms with Gasteiger partial charge in [-0.25, -0.2) is 8.42 Å². The highest BCUT2D eigenvalue weighted by molar-refractivity contribution is 7.89. The van der Waals surface area contributed by atoms with Gasteiger partial charge < -0.3 is 4.74 Å². The highest BCUT2D eigenvalue weighted by Gasteiger charge is 2.28. The SMILES string of the molecule is CCCC/C(C)=N\Nc1ccc(S(=O)(=O)N2CCOCC2)cc1[N+](=O)[O-]. The van der Waals surface area contributed by atoms with Crippen LogP contribution < -0.4 is 5.43 Å². The lowest BCUT2D eigenvalue weighted by Gasteiger charge is -2.26. The van der Waals surface area contributed by atoms with Crippen LogP contribution in [-0.4, -0.2) is 49.7 Å². The zero-order valence-electron chi connectivity index (χ0n) is 15.0. The molecular weight excluding hydrogens is 360 g/mol. The summed E-state index contributed by atoms with van der Waals surface area (Å²) in [5, 5.41) is 15.5. The van der Waals surface area contributed by atoms with Gasteiger partial charge in [0.05, 0.1) is 23.0 Å². The molecule has 0 saturated carbocycles. The number of anilines is 1. The molecule has 10 heteroatoms. The Morgan fingerprint density at radius 3 is 2.69 bits per heavy atom. The molecule has 1 aromatic rings. The first kappa shape index (κ1) is 20.3. The summed E-state index contributed by atoms with van der Waals surface area (Å²) >= 11 is 0. The molecule has 0 aliphatic carbocycles. The van der Waals surface area contributed by atoms with Gasteiger partial charge in [0.2, 0.25) is 10.0 Å². The number of morpholine rings is 1. The van der Waals surface area contributed by atoms with Gasteiger partial charge in [0.25, 0.3) is 5.69 Å². The topological polar surface area (TPSA) is 114 Å². The number of unbranched alkanes of at least 4 members (excludes halogenated alkanes) is 1. The molecule has 0 unspecified atom stereocenters. The number of sulfonamides is 1. The van der Waals surface area contributed by atoms with Gasteiger partial charge in [0.15, 0.2) is 0 Å². The maximum atomic E-state index is 12.7. The summed E-state index contributed by atoms with van der Waals surface area (Å²) in [5.41, 5.74) is 3.34. The van der Waals surface area contributed by atoms with E-state index in [1.54, 1.807) is 0 Å². The molecule has 0 bridgehead atoms. The van der Waals surface area contributed by atoms with Gasteiger partial charge in [-0.2, -0.15) is 9.41 Å². The highest BCUT2D eigenvalue weighted by Crippen LogP contribution is 2.29. The lowest BCUT2D eigenvalue weighted by atomic mass is 10.2. The van der Waals surface area contributed by atoms with Crippen LogP contribution in [0.15, 0.2) is 28.2 Å². The minimum absolute atomic E-state index is 0.108. The van der Waals surface area contributed by atoms with E-state index in [2.05, 4.69) is 17.5 Å². The minimum atomic E-state index is -3.79. The van der Waals surface area contributed by atoms with Gasteiger partial charge in [-0.15, -0.1) is 0 Å². The zero-order valence-corrected chi connectivity index (χ0v) is 15.8. The number of nitrogens with one attached hydrogen (secondary N) is 1. The third kappa shape index (κ3) is 4.99. The van der Waals surface area contributed by atoms with Gasteiger partial charge in [-0.05, 0) is 31.9 Å². The molecule has 1 N–H and O–H groups in total. The fourth-order valence-corrected chi connectivity index (χ4v) is 3.93. The van der Waals surface area contributed by atoms with Crippen molar-refractivity contribution in [3.8, 4) is 0 Å². The summed E-state index contributed by atoms with van der Waals surface area (Å²) < 4.78 is 31.7. The molecule has 1 heterocycles. The Morgan fingerprint density at radius 1 is 1.38 bits per heavy atom. The quantitative estimate of drug-likeness (QED) is 0.418. The van der Waals surface area contributed by atoms with Crippen molar-refractivity contribution in [2.24, 2.45) is 5.10 Å². The van der Waals surface area contributed by atoms with E-state index in [1.165, 1.54) is 16.4 Å². The molecule has 144 valence electrons. The van der Waals surface area contributed by atoms with Crippen LogP contribution in [0, 0.1) is 10.1 Å². The fraction of sp³-hybridized carbons (Fsp3) is 0.562. The van der Waals surface area contributed by atoms with Crippen LogP contribution in [-0.2, 0) is 14.8 Å². The van der Waals surface area contributed by atoms with E-state index in [-0.39, 0.29) is 29.4 Å². The van der Waals surface area contributed by atoms with E-state index in [4.69, 9.17) is 4.74 Å². The lowest BCUT2D eigenvalue weighted by molar-refractivity contribution is -0.384. The molecule has 0 atom stereocenters. The number of hydrogen-bond donors (Lipinski definition) is 1. The Hall–Kier alpha value is -2.04. The van der Waals surface area contributed by atoms with E-state index in [1.807, 2.05) is 6.92 Å². The number of benzene rings is 1. The summed E-state index contributed by atoms with van der Waals surface area (Å²) in [6, 6.07) is 3.81. The van der Waals surface area contributed by atoms with Crippen molar-refractivity contribution >= 4 is 27.1 Å². The third-order valence-corrected chi connectivity index (χ3v) is 5.93. The lowest BCUT2D eigenvalue weighted by Crippen LogP contribution is -2.40. The fourth-order valence-electron chi connectivity index (χ4n) is 2.50. The summed E-state index contributed by atoms with van der Waals surface area (Å²) in [6.07, 6.45) is 2.80. The van der Waals surface area contributed by atoms with Gasteiger partial charge in [0, 0.05) is 24.9 Å². The first-order valence-electron chi connectivity index (χ1n) is 8.51. The predicted molar refractivity (Wildman–Crippen MR) is 98.9 cm³/mol. The Balaban J connectivity index is 2.26. The second kappa shape index (κ2) is 9.06. The molecule has 1 aromatic carbocycles. The van der Waals surface area contributed by atoms with Crippen LogP contribution in [0.5, 0.6) is 0 Å². The molecule has 1 aliphatic rings. The molecule has 26 heavy (non-hydrogen) atoms. The summed E-state index contributed by atoms with van der Waals surface area (Å²) in [6.45, 7) is 5.00. The molecule has 1 aliphatic heterocycles. The number of nitro benzene ring substituents is 1. The van der Waals surface area contributed by atoms with Gasteiger partial charge in [-0.1, -0.05) is 13.3 Å². The van der Waals surface area contributed by atoms with E-state index >= 15 is 0 Å². The molecule has 1 fully saturated rings. The summed E-state index contributed by atoms with van der Waals surface area (Å²) in [7, 11) is -3.79. The van der Waals surface area contributed by atoms with Crippen molar-refractivity contribution in [2.45, 2.75) is 38.0 Å². The van der Waals surface area contributed by atoms with Crippen LogP contribution in [0.1, 0.15) is 33.1 Å². The molecule has 0 aromatic heterocycles. The van der Waals surface area contributed by atoms with E-state index in [0.717, 1.165) is 31.0 Å². The molecule has 1 saturated heterocycles. The highest BCUT2D eigenvalue weighted by atomic mass is 32.2. The standard InChI is InChI=1S/C16H24N4O5S/c1-3-4-5-13(2)17-18-15-7-6-14(12-16(15)20(21)22)26(23,24)19-8-10-25-11-9-19/h6-7,12,18H,3-5,8-11H2,1-2H3/b17-13-. The van der Waals surface area contributed by atoms with Crippen LogP contribution >= 0.6 is 0 Å². The Morgan fingerprint density at radius 2 is 2.08 bits per heavy atom. The smallest absolute Gasteiger partial charge is 0.295 e. The van der Waals surface area contributed by atoms with Crippen molar-refractivity contribution in [2.75, 3.05) is 31.7 Å². The van der Waals surface area contributed by atoms with Crippen LogP contribution in [0.4, 0.5) is 11.4 Å². The maximum absolute atomic E-state index is 12.7. The first-order valence-corrected chi connectivity index (χ1v) is 9.95. The first-order chi connectivity index (χ1) is 12.4. The van der Waals surface area contributed by atoms with Crippen molar-refractivity contribution in [1.29, 1.82) is 0 Å². The van der Waals surface area contributed by atoms with Crippen molar-refractivity contribution < 1.29 is 18.1 Å². The second-order valence-electron chi connectivity index (χ2n) is 6.01. The number of nitrogens with zero attached hydrogens (tertiary/aromatic N) is 3. The largest absolute Gasteiger partial charge is 0.379 e. The van der Waals surface area contributed by atoms with E-state index < -0.39 is 14.9 Å². The number of nitro groups is 1. The van der Waals surface area contributed by atoms with Crippen LogP contribution in [0.3, 0.4) is 0 Å². The Labute approximate surface area is 153 Å². The normalized spacial score (nSPS) is 16.5.